The Kier molecular flexibility index (Phi) is 2.76. The van der Waals surface area contributed by atoms with Gasteiger partial charge in [0.15, 0.2) is 11.5 Å². The Morgan fingerprint density at radius 3 is 2.94 bits per heavy atom. The lowest BCUT2D eigenvalue weighted by molar-refractivity contribution is -0.504. The molecule has 0 saturated heterocycles. The molecule has 0 aliphatic carbocycles. The lowest BCUT2D eigenvalue weighted by Crippen LogP contribution is -2.10. The van der Waals surface area contributed by atoms with Crippen LogP contribution in [0.2, 0.25) is 0 Å². The Labute approximate surface area is 92.4 Å². The fourth-order valence-corrected chi connectivity index (χ4v) is 1.34. The molecule has 5 nitrogen and oxygen atoms in total. The van der Waals surface area contributed by atoms with Crippen molar-refractivity contribution in [3.05, 3.63) is 40.0 Å². The van der Waals surface area contributed by atoms with Crippen LogP contribution >= 0.6 is 0 Å². The van der Waals surface area contributed by atoms with Crippen LogP contribution in [0.5, 0.6) is 11.5 Å². The summed E-state index contributed by atoms with van der Waals surface area (Å²) in [7, 11) is 0. The van der Waals surface area contributed by atoms with E-state index < -0.39 is 6.04 Å². The van der Waals surface area contributed by atoms with E-state index in [9.17, 15) is 10.1 Å². The van der Waals surface area contributed by atoms with E-state index in [2.05, 4.69) is 0 Å². The van der Waals surface area contributed by atoms with E-state index in [4.69, 9.17) is 9.47 Å². The van der Waals surface area contributed by atoms with E-state index >= 15 is 0 Å². The smallest absolute Gasteiger partial charge is 0.231 e. The minimum absolute atomic E-state index is 0.230. The van der Waals surface area contributed by atoms with Crippen LogP contribution in [-0.4, -0.2) is 17.8 Å². The van der Waals surface area contributed by atoms with Gasteiger partial charge in [-0.1, -0.05) is 12.1 Å². The summed E-state index contributed by atoms with van der Waals surface area (Å²) in [5, 5.41) is 10.4. The summed E-state index contributed by atoms with van der Waals surface area (Å²) in [5.74, 6) is 1.38. The maximum atomic E-state index is 10.4. The molecule has 0 amide bonds. The summed E-state index contributed by atoms with van der Waals surface area (Å²) in [6.45, 7) is 1.76. The van der Waals surface area contributed by atoms with Crippen molar-refractivity contribution in [3.8, 4) is 11.5 Å². The van der Waals surface area contributed by atoms with Crippen molar-refractivity contribution < 1.29 is 14.4 Å². The molecule has 1 aliphatic heterocycles. The molecule has 1 aromatic rings. The highest BCUT2D eigenvalue weighted by Crippen LogP contribution is 2.32. The van der Waals surface area contributed by atoms with Gasteiger partial charge in [-0.3, -0.25) is 10.1 Å². The highest BCUT2D eigenvalue weighted by atomic mass is 16.7. The van der Waals surface area contributed by atoms with Gasteiger partial charge in [-0.05, 0) is 23.8 Å². The zero-order valence-corrected chi connectivity index (χ0v) is 8.75. The number of fused-ring (bicyclic) bond motifs is 1. The first-order chi connectivity index (χ1) is 7.66. The van der Waals surface area contributed by atoms with Gasteiger partial charge in [0.25, 0.3) is 0 Å². The number of ether oxygens (including phenoxy) is 2. The lowest BCUT2D eigenvalue weighted by Gasteiger charge is -1.98. The molecule has 1 aliphatic rings. The molecule has 1 aromatic carbocycles. The molecular formula is C11H11NO4. The van der Waals surface area contributed by atoms with E-state index in [1.165, 1.54) is 13.0 Å². The second kappa shape index (κ2) is 4.22. The number of benzene rings is 1. The van der Waals surface area contributed by atoms with Crippen LogP contribution in [-0.2, 0) is 0 Å². The summed E-state index contributed by atoms with van der Waals surface area (Å²) in [6, 6.07) is 4.73. The minimum atomic E-state index is -0.689. The Bertz CT molecular complexity index is 442. The second-order valence-electron chi connectivity index (χ2n) is 3.50. The summed E-state index contributed by atoms with van der Waals surface area (Å²) in [5.41, 5.74) is 0.859. The number of nitro groups is 1. The van der Waals surface area contributed by atoms with Crippen LogP contribution in [0.3, 0.4) is 0 Å². The second-order valence-corrected chi connectivity index (χ2v) is 3.50. The molecule has 0 aromatic heterocycles. The van der Waals surface area contributed by atoms with Crippen molar-refractivity contribution in [1.29, 1.82) is 0 Å². The summed E-state index contributed by atoms with van der Waals surface area (Å²) >= 11 is 0. The monoisotopic (exact) mass is 221 g/mol. The molecule has 0 spiro atoms. The van der Waals surface area contributed by atoms with Crippen molar-refractivity contribution in [1.82, 2.24) is 0 Å². The van der Waals surface area contributed by atoms with Crippen molar-refractivity contribution in [2.45, 2.75) is 13.0 Å². The molecule has 1 atom stereocenters. The molecule has 5 heteroatoms. The van der Waals surface area contributed by atoms with Crippen molar-refractivity contribution >= 4 is 6.08 Å². The van der Waals surface area contributed by atoms with E-state index in [1.807, 2.05) is 6.07 Å². The number of nitrogens with zero attached hydrogens (tertiary/aromatic N) is 1. The molecule has 1 unspecified atom stereocenters. The molecule has 0 saturated carbocycles. The highest BCUT2D eigenvalue weighted by molar-refractivity contribution is 5.56. The van der Waals surface area contributed by atoms with Gasteiger partial charge in [0.1, 0.15) is 0 Å². The van der Waals surface area contributed by atoms with Crippen LogP contribution in [0.4, 0.5) is 0 Å². The zero-order valence-electron chi connectivity index (χ0n) is 8.75. The first-order valence-corrected chi connectivity index (χ1v) is 4.88. The average Bonchev–Trinajstić information content (AvgIpc) is 2.72. The topological polar surface area (TPSA) is 61.6 Å². The van der Waals surface area contributed by atoms with Crippen molar-refractivity contribution in [2.75, 3.05) is 6.79 Å². The Morgan fingerprint density at radius 2 is 2.19 bits per heavy atom. The lowest BCUT2D eigenvalue weighted by atomic mass is 10.1. The Morgan fingerprint density at radius 1 is 1.44 bits per heavy atom. The molecular weight excluding hydrogens is 210 g/mol. The third kappa shape index (κ3) is 2.13. The van der Waals surface area contributed by atoms with Gasteiger partial charge >= 0.3 is 0 Å². The van der Waals surface area contributed by atoms with Gasteiger partial charge in [-0.15, -0.1) is 0 Å². The molecule has 84 valence electrons. The summed E-state index contributed by atoms with van der Waals surface area (Å²) in [4.78, 5) is 10.1. The van der Waals surface area contributed by atoms with Gasteiger partial charge in [-0.25, -0.2) is 0 Å². The van der Waals surface area contributed by atoms with Gasteiger partial charge < -0.3 is 9.47 Å². The van der Waals surface area contributed by atoms with E-state index in [0.29, 0.717) is 11.5 Å². The fourth-order valence-electron chi connectivity index (χ4n) is 1.34. The summed E-state index contributed by atoms with van der Waals surface area (Å²) < 4.78 is 10.4. The SMILES string of the molecule is CC(C=Cc1ccc2c(c1)OCO2)[N+](=O)[O-]. The molecule has 0 fully saturated rings. The predicted octanol–water partition coefficient (Wildman–Crippen LogP) is 2.09. The fraction of sp³-hybridized carbons (Fsp3) is 0.273. The summed E-state index contributed by atoms with van der Waals surface area (Å²) in [6.07, 6.45) is 3.24. The largest absolute Gasteiger partial charge is 0.454 e. The van der Waals surface area contributed by atoms with Crippen LogP contribution in [0.15, 0.2) is 24.3 Å². The molecule has 1 heterocycles. The Balaban J connectivity index is 2.13. The van der Waals surface area contributed by atoms with Crippen LogP contribution in [0.25, 0.3) is 6.08 Å². The zero-order chi connectivity index (χ0) is 11.5. The van der Waals surface area contributed by atoms with Crippen LogP contribution in [0.1, 0.15) is 12.5 Å². The van der Waals surface area contributed by atoms with E-state index in [1.54, 1.807) is 18.2 Å². The van der Waals surface area contributed by atoms with Crippen molar-refractivity contribution in [2.24, 2.45) is 0 Å². The van der Waals surface area contributed by atoms with Gasteiger partial charge in [0.05, 0.1) is 0 Å². The maximum Gasteiger partial charge on any atom is 0.231 e. The normalized spacial score (nSPS) is 15.3. The predicted molar refractivity (Wildman–Crippen MR) is 58.1 cm³/mol. The van der Waals surface area contributed by atoms with E-state index in [0.717, 1.165) is 5.56 Å². The molecule has 2 rings (SSSR count). The Hall–Kier alpha value is -2.04. The maximum absolute atomic E-state index is 10.4. The molecule has 0 bridgehead atoms. The van der Waals surface area contributed by atoms with Gasteiger partial charge in [0.2, 0.25) is 12.8 Å². The standard InChI is InChI=1S/C11H11NO4/c1-8(12(13)14)2-3-9-4-5-10-11(6-9)16-7-15-10/h2-6,8H,7H2,1H3. The van der Waals surface area contributed by atoms with Gasteiger partial charge in [0, 0.05) is 11.8 Å². The number of hydrogen-bond acceptors (Lipinski definition) is 4. The van der Waals surface area contributed by atoms with Crippen LogP contribution in [0, 0.1) is 10.1 Å². The van der Waals surface area contributed by atoms with E-state index in [-0.39, 0.29) is 11.7 Å². The first-order valence-electron chi connectivity index (χ1n) is 4.88. The number of rotatable bonds is 3. The van der Waals surface area contributed by atoms with Crippen LogP contribution < -0.4 is 9.47 Å². The first kappa shape index (κ1) is 10.5. The highest BCUT2D eigenvalue weighted by Gasteiger charge is 2.12. The average molecular weight is 221 g/mol. The molecule has 0 radical (unpaired) electrons. The molecule has 16 heavy (non-hydrogen) atoms. The third-order valence-corrected chi connectivity index (χ3v) is 2.30. The molecule has 0 N–H and O–H groups in total. The van der Waals surface area contributed by atoms with Gasteiger partial charge in [-0.2, -0.15) is 0 Å². The van der Waals surface area contributed by atoms with Crippen molar-refractivity contribution in [3.63, 3.8) is 0 Å². The quantitative estimate of drug-likeness (QED) is 0.579. The third-order valence-electron chi connectivity index (χ3n) is 2.30. The number of hydrogen-bond donors (Lipinski definition) is 0. The minimum Gasteiger partial charge on any atom is -0.454 e.